The second kappa shape index (κ2) is 6.12. The van der Waals surface area contributed by atoms with E-state index in [2.05, 4.69) is 25.8 Å². The second-order valence-electron chi connectivity index (χ2n) is 6.21. The molecule has 0 saturated heterocycles. The molecule has 1 aromatic carbocycles. The van der Waals surface area contributed by atoms with Crippen LogP contribution in [0.4, 0.5) is 0 Å². The fourth-order valence-corrected chi connectivity index (χ4v) is 2.70. The van der Waals surface area contributed by atoms with Crippen molar-refractivity contribution in [1.29, 1.82) is 0 Å². The van der Waals surface area contributed by atoms with Crippen molar-refractivity contribution in [3.05, 3.63) is 47.6 Å². The summed E-state index contributed by atoms with van der Waals surface area (Å²) in [4.78, 5) is 16.9. The third-order valence-electron chi connectivity index (χ3n) is 4.17. The molecule has 8 nitrogen and oxygen atoms in total. The summed E-state index contributed by atoms with van der Waals surface area (Å²) in [5.41, 5.74) is 1.38. The van der Waals surface area contributed by atoms with Crippen molar-refractivity contribution in [2.45, 2.75) is 38.8 Å². The van der Waals surface area contributed by atoms with E-state index < -0.39 is 0 Å². The number of hydrogen-bond acceptors (Lipinski definition) is 6. The summed E-state index contributed by atoms with van der Waals surface area (Å²) in [6.45, 7) is 3.61. The maximum atomic E-state index is 12.6. The van der Waals surface area contributed by atoms with Gasteiger partial charge in [-0.3, -0.25) is 4.79 Å². The van der Waals surface area contributed by atoms with Crippen molar-refractivity contribution in [2.75, 3.05) is 0 Å². The number of hydrogen-bond donors (Lipinski definition) is 1. The first-order valence-corrected chi connectivity index (χ1v) is 8.25. The van der Waals surface area contributed by atoms with Crippen LogP contribution in [0, 0.1) is 6.92 Å². The van der Waals surface area contributed by atoms with Gasteiger partial charge in [-0.1, -0.05) is 18.2 Å². The molecule has 0 radical (unpaired) electrons. The van der Waals surface area contributed by atoms with E-state index in [1.807, 2.05) is 37.3 Å². The van der Waals surface area contributed by atoms with E-state index in [0.29, 0.717) is 23.5 Å². The molecular formula is C17H18N6O2. The normalized spacial score (nSPS) is 15.1. The zero-order chi connectivity index (χ0) is 17.4. The number of aromatic nitrogens is 5. The molecule has 1 aliphatic carbocycles. The molecule has 1 atom stereocenters. The van der Waals surface area contributed by atoms with Crippen LogP contribution >= 0.6 is 0 Å². The molecule has 1 fully saturated rings. The van der Waals surface area contributed by atoms with E-state index in [1.54, 1.807) is 11.6 Å². The van der Waals surface area contributed by atoms with Crippen molar-refractivity contribution in [3.63, 3.8) is 0 Å². The Morgan fingerprint density at radius 3 is 2.80 bits per heavy atom. The van der Waals surface area contributed by atoms with Gasteiger partial charge in [-0.25, -0.2) is 9.67 Å². The van der Waals surface area contributed by atoms with E-state index >= 15 is 0 Å². The van der Waals surface area contributed by atoms with Gasteiger partial charge in [0.2, 0.25) is 11.7 Å². The first kappa shape index (κ1) is 15.5. The summed E-state index contributed by atoms with van der Waals surface area (Å²) in [6.07, 6.45) is 2.14. The smallest absolute Gasteiger partial charge is 0.289 e. The van der Waals surface area contributed by atoms with Crippen LogP contribution in [0.3, 0.4) is 0 Å². The van der Waals surface area contributed by atoms with Gasteiger partial charge in [0.1, 0.15) is 0 Å². The number of amides is 1. The first-order valence-electron chi connectivity index (χ1n) is 8.25. The Bertz CT molecular complexity index is 897. The molecule has 8 heteroatoms. The van der Waals surface area contributed by atoms with Gasteiger partial charge in [-0.05, 0) is 49.2 Å². The van der Waals surface area contributed by atoms with E-state index in [1.165, 1.54) is 0 Å². The highest BCUT2D eigenvalue weighted by atomic mass is 16.4. The van der Waals surface area contributed by atoms with Crippen LogP contribution in [-0.2, 0) is 0 Å². The lowest BCUT2D eigenvalue weighted by molar-refractivity contribution is 0.0909. The molecule has 3 aromatic rings. The van der Waals surface area contributed by atoms with Crippen LogP contribution in [0.15, 0.2) is 34.7 Å². The molecule has 25 heavy (non-hydrogen) atoms. The summed E-state index contributed by atoms with van der Waals surface area (Å²) < 4.78 is 7.47. The zero-order valence-electron chi connectivity index (χ0n) is 14.0. The monoisotopic (exact) mass is 338 g/mol. The van der Waals surface area contributed by atoms with Gasteiger partial charge >= 0.3 is 0 Å². The number of carbonyl (C=O) groups excluding carboxylic acids is 1. The van der Waals surface area contributed by atoms with Gasteiger partial charge in [-0.15, -0.1) is 5.10 Å². The van der Waals surface area contributed by atoms with E-state index in [0.717, 1.165) is 18.4 Å². The summed E-state index contributed by atoms with van der Waals surface area (Å²) in [6, 6.07) is 9.51. The molecule has 1 aliphatic rings. The average Bonchev–Trinajstić information content (AvgIpc) is 3.20. The van der Waals surface area contributed by atoms with Gasteiger partial charge in [0.05, 0.1) is 17.8 Å². The second-order valence-corrected chi connectivity index (χ2v) is 6.21. The first-order chi connectivity index (χ1) is 12.1. The SMILES string of the molecule is Cc1nc(-c2ccccc2)oc1C(=O)NC(C)c1nnnn1C1CC1. The minimum Gasteiger partial charge on any atom is -0.431 e. The van der Waals surface area contributed by atoms with Gasteiger partial charge in [-0.2, -0.15) is 0 Å². The van der Waals surface area contributed by atoms with Gasteiger partial charge in [0.25, 0.3) is 5.91 Å². The minimum absolute atomic E-state index is 0.205. The Balaban J connectivity index is 1.53. The Kier molecular flexibility index (Phi) is 3.79. The molecule has 0 spiro atoms. The summed E-state index contributed by atoms with van der Waals surface area (Å²) >= 11 is 0. The molecule has 1 N–H and O–H groups in total. The van der Waals surface area contributed by atoms with Crippen molar-refractivity contribution in [1.82, 2.24) is 30.5 Å². The topological polar surface area (TPSA) is 98.7 Å². The highest BCUT2D eigenvalue weighted by Crippen LogP contribution is 2.35. The highest BCUT2D eigenvalue weighted by Gasteiger charge is 2.30. The maximum Gasteiger partial charge on any atom is 0.289 e. The predicted octanol–water partition coefficient (Wildman–Crippen LogP) is 2.46. The molecule has 1 saturated carbocycles. The predicted molar refractivity (Wildman–Crippen MR) is 88.6 cm³/mol. The molecule has 1 unspecified atom stereocenters. The van der Waals surface area contributed by atoms with Crippen molar-refractivity contribution in [2.24, 2.45) is 0 Å². The third-order valence-corrected chi connectivity index (χ3v) is 4.17. The largest absolute Gasteiger partial charge is 0.431 e. The van der Waals surface area contributed by atoms with Crippen LogP contribution in [-0.4, -0.2) is 31.1 Å². The zero-order valence-corrected chi connectivity index (χ0v) is 14.0. The molecule has 1 amide bonds. The molecule has 2 heterocycles. The van der Waals surface area contributed by atoms with Crippen LogP contribution in [0.2, 0.25) is 0 Å². The number of benzene rings is 1. The Morgan fingerprint density at radius 1 is 1.32 bits per heavy atom. The molecule has 0 bridgehead atoms. The number of tetrazole rings is 1. The van der Waals surface area contributed by atoms with Crippen LogP contribution in [0.1, 0.15) is 53.9 Å². The highest BCUT2D eigenvalue weighted by molar-refractivity contribution is 5.93. The van der Waals surface area contributed by atoms with Gasteiger partial charge in [0, 0.05) is 5.56 Å². The lowest BCUT2D eigenvalue weighted by Crippen LogP contribution is -2.29. The third kappa shape index (κ3) is 3.02. The lowest BCUT2D eigenvalue weighted by atomic mass is 10.2. The number of aryl methyl sites for hydroxylation is 1. The Labute approximate surface area is 144 Å². The number of nitrogens with one attached hydrogen (secondary N) is 1. The summed E-state index contributed by atoms with van der Waals surface area (Å²) in [5, 5.41) is 14.7. The van der Waals surface area contributed by atoms with E-state index in [9.17, 15) is 4.79 Å². The van der Waals surface area contributed by atoms with E-state index in [4.69, 9.17) is 4.42 Å². The fourth-order valence-electron chi connectivity index (χ4n) is 2.70. The Hall–Kier alpha value is -3.03. The Morgan fingerprint density at radius 2 is 2.08 bits per heavy atom. The van der Waals surface area contributed by atoms with Crippen molar-refractivity contribution in [3.8, 4) is 11.5 Å². The molecule has 4 rings (SSSR count). The number of oxazole rings is 1. The maximum absolute atomic E-state index is 12.6. The quantitative estimate of drug-likeness (QED) is 0.767. The fraction of sp³-hybridized carbons (Fsp3) is 0.353. The van der Waals surface area contributed by atoms with Crippen LogP contribution in [0.5, 0.6) is 0 Å². The van der Waals surface area contributed by atoms with Crippen LogP contribution < -0.4 is 5.32 Å². The number of rotatable bonds is 5. The molecule has 0 aliphatic heterocycles. The van der Waals surface area contributed by atoms with Crippen LogP contribution in [0.25, 0.3) is 11.5 Å². The van der Waals surface area contributed by atoms with E-state index in [-0.39, 0.29) is 17.7 Å². The molecule has 128 valence electrons. The van der Waals surface area contributed by atoms with Crippen molar-refractivity contribution >= 4 is 5.91 Å². The molecule has 2 aromatic heterocycles. The van der Waals surface area contributed by atoms with Gasteiger partial charge in [0.15, 0.2) is 5.82 Å². The van der Waals surface area contributed by atoms with Crippen molar-refractivity contribution < 1.29 is 9.21 Å². The average molecular weight is 338 g/mol. The standard InChI is InChI=1S/C17H18N6O2/c1-10-14(25-17(19-10)12-6-4-3-5-7-12)16(24)18-11(2)15-20-21-22-23(15)13-8-9-13/h3-7,11,13H,8-9H2,1-2H3,(H,18,24). The lowest BCUT2D eigenvalue weighted by Gasteiger charge is -2.12. The number of nitrogens with zero attached hydrogens (tertiary/aromatic N) is 5. The van der Waals surface area contributed by atoms with Gasteiger partial charge < -0.3 is 9.73 Å². The minimum atomic E-state index is -0.329. The summed E-state index contributed by atoms with van der Waals surface area (Å²) in [5.74, 6) is 0.955. The number of carbonyl (C=O) groups is 1. The summed E-state index contributed by atoms with van der Waals surface area (Å²) in [7, 11) is 0. The molecular weight excluding hydrogens is 320 g/mol.